The van der Waals surface area contributed by atoms with E-state index >= 15 is 0 Å². The number of carbonyl (C=O) groups excluding carboxylic acids is 1. The first-order chi connectivity index (χ1) is 30.9. The predicted molar refractivity (Wildman–Crippen MR) is 246 cm³/mol. The lowest BCUT2D eigenvalue weighted by Gasteiger charge is -2.59. The number of nitrogens with zero attached hydrogens (tertiary/aromatic N) is 2. The molecule has 5 aromatic rings. The topological polar surface area (TPSA) is 119 Å². The Morgan fingerprint density at radius 2 is 1.57 bits per heavy atom. The van der Waals surface area contributed by atoms with Crippen LogP contribution < -0.4 is 9.47 Å². The molecule has 1 amide bonds. The number of aliphatic hydroxyl groups is 2. The summed E-state index contributed by atoms with van der Waals surface area (Å²) in [6, 6.07) is 37.9. The van der Waals surface area contributed by atoms with Gasteiger partial charge >= 0.3 is 6.09 Å². The number of fused-ring (bicyclic) bond motifs is 3. The van der Waals surface area contributed by atoms with Gasteiger partial charge in [0.2, 0.25) is 5.79 Å². The van der Waals surface area contributed by atoms with E-state index in [1.165, 1.54) is 7.11 Å². The van der Waals surface area contributed by atoms with E-state index in [1.54, 1.807) is 18.1 Å². The van der Waals surface area contributed by atoms with E-state index in [0.717, 1.165) is 64.3 Å². The highest BCUT2D eigenvalue weighted by Crippen LogP contribution is 2.62. The van der Waals surface area contributed by atoms with Crippen molar-refractivity contribution in [1.29, 1.82) is 0 Å². The molecule has 6 atom stereocenters. The normalized spacial score (nSPS) is 22.9. The predicted octanol–water partition coefficient (Wildman–Crippen LogP) is 10.8. The highest BCUT2D eigenvalue weighted by atomic mass is 16.7. The van der Waals surface area contributed by atoms with E-state index in [0.29, 0.717) is 35.8 Å². The van der Waals surface area contributed by atoms with Crippen molar-refractivity contribution in [3.63, 3.8) is 0 Å². The highest BCUT2D eigenvalue weighted by molar-refractivity contribution is 6.03. The van der Waals surface area contributed by atoms with Gasteiger partial charge in [-0.2, -0.15) is 0 Å². The van der Waals surface area contributed by atoms with Crippen LogP contribution in [0.1, 0.15) is 62.0 Å². The fourth-order valence-electron chi connectivity index (χ4n) is 10.3. The molecule has 0 saturated heterocycles. The average molecular weight is 851 g/mol. The number of rotatable bonds is 18. The molecule has 2 aliphatic carbocycles. The lowest BCUT2D eigenvalue weighted by molar-refractivity contribution is -0.256. The number of oxime groups is 1. The Kier molecular flexibility index (Phi) is 13.9. The SMILES string of the molecule is C=CCOC12Oc3ccc(Oc4ccc(-c5ccccc5)cc4)cc3C3C(CCCCO)C(CCCCO)C=C(C(=NOC)CC1N(Cc1cccc4ccccc14)C(=O)OC)C32. The molecular formula is C53H58N2O8. The van der Waals surface area contributed by atoms with Crippen molar-refractivity contribution in [1.82, 2.24) is 4.90 Å². The molecule has 5 aromatic carbocycles. The summed E-state index contributed by atoms with van der Waals surface area (Å²) in [7, 11) is 2.95. The van der Waals surface area contributed by atoms with Crippen molar-refractivity contribution in [3.05, 3.63) is 151 Å². The fourth-order valence-corrected chi connectivity index (χ4v) is 10.3. The Bertz CT molecular complexity index is 2410. The number of benzene rings is 5. The molecule has 1 heterocycles. The van der Waals surface area contributed by atoms with E-state index in [4.69, 9.17) is 28.9 Å². The average Bonchev–Trinajstić information content (AvgIpc) is 3.32. The molecule has 0 bridgehead atoms. The summed E-state index contributed by atoms with van der Waals surface area (Å²) in [5.41, 5.74) is 5.81. The van der Waals surface area contributed by atoms with E-state index in [2.05, 4.69) is 61.2 Å². The first kappa shape index (κ1) is 43.7. The number of hydrogen-bond donors (Lipinski definition) is 2. The largest absolute Gasteiger partial charge is 0.459 e. The number of methoxy groups -OCH3 is 1. The standard InChI is InChI=1S/C53H58N2O8/c1-4-31-61-53-49(55(52(58)59-2)35-40-20-14-19-38-17-8-9-21-43(38)40)34-47(54-60-3)45-32-39(18-10-12-29-56)44(22-11-13-30-57)50(51(45)53)46-33-42(27-28-48(46)63-53)62-41-25-23-37(24-26-41)36-15-6-5-7-16-36/h4-9,14-17,19-21,23-28,32-33,39,44,49-51,56-57H,1,10-13,18,22,29-31,34-35H2,2-3H3. The summed E-state index contributed by atoms with van der Waals surface area (Å²) in [6.07, 6.45) is 8.44. The third-order valence-corrected chi connectivity index (χ3v) is 13.0. The zero-order valence-electron chi connectivity index (χ0n) is 36.2. The molecule has 328 valence electrons. The molecule has 10 heteroatoms. The Balaban J connectivity index is 1.29. The second-order valence-corrected chi connectivity index (χ2v) is 16.7. The second-order valence-electron chi connectivity index (χ2n) is 16.7. The quantitative estimate of drug-likeness (QED) is 0.0508. The Labute approximate surface area is 370 Å². The molecular weight excluding hydrogens is 793 g/mol. The van der Waals surface area contributed by atoms with Gasteiger partial charge in [-0.1, -0.05) is 115 Å². The third kappa shape index (κ3) is 8.98. The van der Waals surface area contributed by atoms with Crippen LogP contribution in [0, 0.1) is 17.8 Å². The maximum Gasteiger partial charge on any atom is 0.410 e. The third-order valence-electron chi connectivity index (χ3n) is 13.0. The fraction of sp³-hybridized carbons (Fsp3) is 0.358. The highest BCUT2D eigenvalue weighted by Gasteiger charge is 2.65. The molecule has 6 unspecified atom stereocenters. The monoisotopic (exact) mass is 850 g/mol. The summed E-state index contributed by atoms with van der Waals surface area (Å²) < 4.78 is 26.7. The van der Waals surface area contributed by atoms with Crippen molar-refractivity contribution in [2.75, 3.05) is 34.0 Å². The van der Waals surface area contributed by atoms with Crippen LogP contribution in [0.4, 0.5) is 4.79 Å². The van der Waals surface area contributed by atoms with Crippen molar-refractivity contribution >= 4 is 22.6 Å². The minimum atomic E-state index is -1.43. The Hall–Kier alpha value is -5.94. The molecule has 0 spiro atoms. The number of aliphatic hydroxyl groups excluding tert-OH is 2. The second kappa shape index (κ2) is 20.1. The van der Waals surface area contributed by atoms with Gasteiger partial charge in [-0.05, 0) is 101 Å². The zero-order chi connectivity index (χ0) is 43.8. The summed E-state index contributed by atoms with van der Waals surface area (Å²) in [5, 5.41) is 26.7. The van der Waals surface area contributed by atoms with Crippen LogP contribution in [0.25, 0.3) is 21.9 Å². The van der Waals surface area contributed by atoms with Gasteiger partial charge in [0.1, 0.15) is 30.4 Å². The number of amides is 1. The molecule has 8 rings (SSSR count). The molecule has 0 aromatic heterocycles. The van der Waals surface area contributed by atoms with Crippen LogP contribution in [-0.4, -0.2) is 72.8 Å². The molecule has 3 aliphatic rings. The van der Waals surface area contributed by atoms with Crippen LogP contribution in [0.5, 0.6) is 17.2 Å². The molecule has 1 saturated carbocycles. The summed E-state index contributed by atoms with van der Waals surface area (Å²) in [4.78, 5) is 21.7. The maximum atomic E-state index is 14.4. The van der Waals surface area contributed by atoms with Crippen molar-refractivity contribution in [2.45, 2.75) is 69.2 Å². The van der Waals surface area contributed by atoms with E-state index in [-0.39, 0.29) is 50.5 Å². The molecule has 1 fully saturated rings. The van der Waals surface area contributed by atoms with E-state index < -0.39 is 23.8 Å². The van der Waals surface area contributed by atoms with Gasteiger partial charge in [0.05, 0.1) is 31.9 Å². The number of unbranched alkanes of at least 4 members (excludes halogenated alkanes) is 2. The lowest BCUT2D eigenvalue weighted by atomic mass is 9.55. The zero-order valence-corrected chi connectivity index (χ0v) is 36.2. The summed E-state index contributed by atoms with van der Waals surface area (Å²) >= 11 is 0. The number of allylic oxidation sites excluding steroid dienone is 1. The van der Waals surface area contributed by atoms with Crippen LogP contribution in [0.15, 0.2) is 145 Å². The molecule has 0 radical (unpaired) electrons. The number of carbonyl (C=O) groups is 1. The van der Waals surface area contributed by atoms with E-state index in [9.17, 15) is 15.0 Å². The van der Waals surface area contributed by atoms with Gasteiger partial charge in [-0.3, -0.25) is 4.90 Å². The minimum Gasteiger partial charge on any atom is -0.459 e. The van der Waals surface area contributed by atoms with Crippen LogP contribution in [0.3, 0.4) is 0 Å². The first-order valence-corrected chi connectivity index (χ1v) is 22.2. The number of ether oxygens (including phenoxy) is 4. The molecule has 63 heavy (non-hydrogen) atoms. The van der Waals surface area contributed by atoms with Crippen LogP contribution in [-0.2, 0) is 20.9 Å². The molecule has 10 nitrogen and oxygen atoms in total. The number of hydrogen-bond acceptors (Lipinski definition) is 9. The van der Waals surface area contributed by atoms with Gasteiger partial charge in [0, 0.05) is 31.1 Å². The van der Waals surface area contributed by atoms with Crippen molar-refractivity contribution in [2.24, 2.45) is 22.9 Å². The van der Waals surface area contributed by atoms with Crippen molar-refractivity contribution in [3.8, 4) is 28.4 Å². The van der Waals surface area contributed by atoms with Gasteiger partial charge in [-0.15, -0.1) is 6.58 Å². The van der Waals surface area contributed by atoms with Crippen molar-refractivity contribution < 1.29 is 38.8 Å². The van der Waals surface area contributed by atoms with Gasteiger partial charge in [-0.25, -0.2) is 4.79 Å². The van der Waals surface area contributed by atoms with Gasteiger partial charge in [0.15, 0.2) is 0 Å². The lowest BCUT2D eigenvalue weighted by Crippen LogP contribution is -2.70. The van der Waals surface area contributed by atoms with Gasteiger partial charge in [0.25, 0.3) is 0 Å². The molecule has 2 N–H and O–H groups in total. The summed E-state index contributed by atoms with van der Waals surface area (Å²) in [5.74, 6) is 0.0626. The van der Waals surface area contributed by atoms with Gasteiger partial charge < -0.3 is 34.0 Å². The van der Waals surface area contributed by atoms with E-state index in [1.807, 2.05) is 66.7 Å². The Morgan fingerprint density at radius 1 is 0.857 bits per heavy atom. The maximum absolute atomic E-state index is 14.4. The first-order valence-electron chi connectivity index (χ1n) is 22.2. The molecule has 1 aliphatic heterocycles. The van der Waals surface area contributed by atoms with Crippen LogP contribution in [0.2, 0.25) is 0 Å². The Morgan fingerprint density at radius 3 is 2.32 bits per heavy atom. The minimum absolute atomic E-state index is 0.0611. The van der Waals surface area contributed by atoms with Crippen LogP contribution >= 0.6 is 0 Å². The summed E-state index contributed by atoms with van der Waals surface area (Å²) in [6.45, 7) is 4.63. The smallest absolute Gasteiger partial charge is 0.410 e.